The molecule has 0 fully saturated rings. The van der Waals surface area contributed by atoms with Crippen LogP contribution < -0.4 is 5.32 Å². The summed E-state index contributed by atoms with van der Waals surface area (Å²) in [5, 5.41) is 21.8. The van der Waals surface area contributed by atoms with Crippen molar-refractivity contribution in [2.24, 2.45) is 0 Å². The molecule has 0 saturated heterocycles. The van der Waals surface area contributed by atoms with Crippen LogP contribution >= 0.6 is 0 Å². The van der Waals surface area contributed by atoms with Gasteiger partial charge in [0.05, 0.1) is 22.1 Å². The molecule has 2 aromatic carbocycles. The number of hydrogen-bond acceptors (Lipinski definition) is 4. The average molecular weight is 299 g/mol. The molecule has 7 heteroatoms. The van der Waals surface area contributed by atoms with Gasteiger partial charge in [0.15, 0.2) is 0 Å². The maximum absolute atomic E-state index is 13.6. The summed E-state index contributed by atoms with van der Waals surface area (Å²) in [6.45, 7) is 0.118. The Morgan fingerprint density at radius 1 is 1.27 bits per heavy atom. The minimum atomic E-state index is -0.831. The summed E-state index contributed by atoms with van der Waals surface area (Å²) in [6.07, 6.45) is 0. The van der Waals surface area contributed by atoms with Crippen molar-refractivity contribution in [1.82, 2.24) is 5.32 Å². The minimum Gasteiger partial charge on any atom is -0.348 e. The Hall–Kier alpha value is -3.27. The first-order valence-corrected chi connectivity index (χ1v) is 6.22. The van der Waals surface area contributed by atoms with E-state index in [1.807, 2.05) is 6.07 Å². The topological polar surface area (TPSA) is 96.0 Å². The number of non-ortho nitro benzene ring substituents is 1. The summed E-state index contributed by atoms with van der Waals surface area (Å²) in [5.74, 6) is -1.58. The summed E-state index contributed by atoms with van der Waals surface area (Å²) >= 11 is 0. The van der Waals surface area contributed by atoms with E-state index in [4.69, 9.17) is 5.26 Å². The van der Waals surface area contributed by atoms with Crippen LogP contribution in [-0.2, 0) is 6.54 Å². The lowest BCUT2D eigenvalue weighted by molar-refractivity contribution is -0.384. The largest absolute Gasteiger partial charge is 0.348 e. The molecule has 2 aromatic rings. The number of rotatable bonds is 4. The van der Waals surface area contributed by atoms with Crippen molar-refractivity contribution in [2.75, 3.05) is 0 Å². The molecule has 0 heterocycles. The maximum Gasteiger partial charge on any atom is 0.270 e. The van der Waals surface area contributed by atoms with Gasteiger partial charge in [0.25, 0.3) is 11.6 Å². The number of nitro groups is 1. The Morgan fingerprint density at radius 3 is 2.55 bits per heavy atom. The van der Waals surface area contributed by atoms with Crippen molar-refractivity contribution in [3.05, 3.63) is 75.1 Å². The number of carbonyl (C=O) groups is 1. The lowest BCUT2D eigenvalue weighted by atomic mass is 10.1. The quantitative estimate of drug-likeness (QED) is 0.693. The first-order chi connectivity index (χ1) is 10.5. The fraction of sp³-hybridized carbons (Fsp3) is 0.0667. The third kappa shape index (κ3) is 3.43. The highest BCUT2D eigenvalue weighted by molar-refractivity contribution is 5.95. The van der Waals surface area contributed by atoms with Crippen molar-refractivity contribution in [3.63, 3.8) is 0 Å². The molecule has 0 aliphatic heterocycles. The normalized spacial score (nSPS) is 9.82. The molecular weight excluding hydrogens is 289 g/mol. The molecule has 0 atom stereocenters. The lowest BCUT2D eigenvalue weighted by Gasteiger charge is -2.06. The highest BCUT2D eigenvalue weighted by atomic mass is 19.1. The van der Waals surface area contributed by atoms with Crippen LogP contribution in [-0.4, -0.2) is 10.8 Å². The van der Waals surface area contributed by atoms with Crippen molar-refractivity contribution < 1.29 is 14.1 Å². The first kappa shape index (κ1) is 15.1. The fourth-order valence-electron chi connectivity index (χ4n) is 1.78. The second-order valence-electron chi connectivity index (χ2n) is 4.41. The number of halogens is 1. The standard InChI is InChI=1S/C15H10FN3O3/c16-14-6-5-12(19(21)22)7-13(14)15(20)18-9-11-3-1-10(8-17)2-4-11/h1-7H,9H2,(H,18,20). The molecule has 0 spiro atoms. The van der Waals surface area contributed by atoms with Crippen LogP contribution in [0.2, 0.25) is 0 Å². The van der Waals surface area contributed by atoms with Crippen molar-refractivity contribution in [3.8, 4) is 6.07 Å². The monoisotopic (exact) mass is 299 g/mol. The first-order valence-electron chi connectivity index (χ1n) is 6.22. The molecule has 6 nitrogen and oxygen atoms in total. The molecule has 1 N–H and O–H groups in total. The van der Waals surface area contributed by atoms with Gasteiger partial charge in [0, 0.05) is 18.7 Å². The number of carbonyl (C=O) groups excluding carboxylic acids is 1. The van der Waals surface area contributed by atoms with Crippen LogP contribution in [0, 0.1) is 27.3 Å². The number of nitrogens with one attached hydrogen (secondary N) is 1. The van der Waals surface area contributed by atoms with Gasteiger partial charge in [-0.25, -0.2) is 4.39 Å². The van der Waals surface area contributed by atoms with E-state index in [0.717, 1.165) is 23.8 Å². The number of nitriles is 1. The predicted molar refractivity (Wildman–Crippen MR) is 75.4 cm³/mol. The summed E-state index contributed by atoms with van der Waals surface area (Å²) in [4.78, 5) is 21.9. The van der Waals surface area contributed by atoms with Crippen LogP contribution in [0.5, 0.6) is 0 Å². The van der Waals surface area contributed by atoms with Crippen molar-refractivity contribution >= 4 is 11.6 Å². The van der Waals surface area contributed by atoms with Gasteiger partial charge < -0.3 is 5.32 Å². The number of nitro benzene ring substituents is 1. The number of nitrogens with zero attached hydrogens (tertiary/aromatic N) is 2. The number of benzene rings is 2. The summed E-state index contributed by atoms with van der Waals surface area (Å²) in [7, 11) is 0. The molecule has 1 amide bonds. The van der Waals surface area contributed by atoms with E-state index in [9.17, 15) is 19.3 Å². The van der Waals surface area contributed by atoms with Crippen LogP contribution in [0.15, 0.2) is 42.5 Å². The van der Waals surface area contributed by atoms with Crippen LogP contribution in [0.4, 0.5) is 10.1 Å². The summed E-state index contributed by atoms with van der Waals surface area (Å²) < 4.78 is 13.6. The summed E-state index contributed by atoms with van der Waals surface area (Å²) in [6, 6.07) is 11.2. The van der Waals surface area contributed by atoms with E-state index < -0.39 is 16.6 Å². The molecule has 0 aromatic heterocycles. The molecule has 0 saturated carbocycles. The van der Waals surface area contributed by atoms with E-state index in [1.165, 1.54) is 0 Å². The highest BCUT2D eigenvalue weighted by Gasteiger charge is 2.16. The van der Waals surface area contributed by atoms with Crippen LogP contribution in [0.25, 0.3) is 0 Å². The molecule has 0 bridgehead atoms. The Morgan fingerprint density at radius 2 is 1.95 bits per heavy atom. The van der Waals surface area contributed by atoms with E-state index in [0.29, 0.717) is 5.56 Å². The van der Waals surface area contributed by atoms with Crippen LogP contribution in [0.3, 0.4) is 0 Å². The minimum absolute atomic E-state index is 0.118. The number of amides is 1. The lowest BCUT2D eigenvalue weighted by Crippen LogP contribution is -2.24. The molecule has 0 radical (unpaired) electrons. The fourth-order valence-corrected chi connectivity index (χ4v) is 1.78. The van der Waals surface area contributed by atoms with E-state index in [-0.39, 0.29) is 17.8 Å². The van der Waals surface area contributed by atoms with Gasteiger partial charge in [-0.1, -0.05) is 12.1 Å². The zero-order chi connectivity index (χ0) is 16.1. The number of hydrogen-bond donors (Lipinski definition) is 1. The SMILES string of the molecule is N#Cc1ccc(CNC(=O)c2cc([N+](=O)[O-])ccc2F)cc1. The van der Waals surface area contributed by atoms with Gasteiger partial charge in [-0.15, -0.1) is 0 Å². The van der Waals surface area contributed by atoms with Gasteiger partial charge in [0.1, 0.15) is 5.82 Å². The van der Waals surface area contributed by atoms with Gasteiger partial charge >= 0.3 is 0 Å². The van der Waals surface area contributed by atoms with E-state index in [1.54, 1.807) is 24.3 Å². The Bertz CT molecular complexity index is 767. The zero-order valence-electron chi connectivity index (χ0n) is 11.2. The second-order valence-corrected chi connectivity index (χ2v) is 4.41. The Labute approximate surface area is 125 Å². The molecule has 0 unspecified atom stereocenters. The van der Waals surface area contributed by atoms with Gasteiger partial charge in [-0.3, -0.25) is 14.9 Å². The van der Waals surface area contributed by atoms with Gasteiger partial charge in [-0.2, -0.15) is 5.26 Å². The molecule has 22 heavy (non-hydrogen) atoms. The third-order valence-corrected chi connectivity index (χ3v) is 2.94. The smallest absolute Gasteiger partial charge is 0.270 e. The van der Waals surface area contributed by atoms with E-state index >= 15 is 0 Å². The second kappa shape index (κ2) is 6.45. The highest BCUT2D eigenvalue weighted by Crippen LogP contribution is 2.17. The Balaban J connectivity index is 2.10. The summed E-state index contributed by atoms with van der Waals surface area (Å²) in [5.41, 5.74) is 0.464. The molecule has 0 aliphatic carbocycles. The third-order valence-electron chi connectivity index (χ3n) is 2.94. The Kier molecular flexibility index (Phi) is 4.44. The van der Waals surface area contributed by atoms with E-state index in [2.05, 4.69) is 5.32 Å². The van der Waals surface area contributed by atoms with Crippen molar-refractivity contribution in [1.29, 1.82) is 5.26 Å². The molecule has 0 aliphatic rings. The molecular formula is C15H10FN3O3. The maximum atomic E-state index is 13.6. The predicted octanol–water partition coefficient (Wildman–Crippen LogP) is 2.54. The molecule has 110 valence electrons. The van der Waals surface area contributed by atoms with Gasteiger partial charge in [0.2, 0.25) is 0 Å². The average Bonchev–Trinajstić information content (AvgIpc) is 2.53. The van der Waals surface area contributed by atoms with Crippen LogP contribution in [0.1, 0.15) is 21.5 Å². The van der Waals surface area contributed by atoms with Crippen molar-refractivity contribution in [2.45, 2.75) is 6.54 Å². The zero-order valence-corrected chi connectivity index (χ0v) is 11.2. The molecule has 2 rings (SSSR count). The van der Waals surface area contributed by atoms with Gasteiger partial charge in [-0.05, 0) is 23.8 Å².